The first-order valence-corrected chi connectivity index (χ1v) is 5.31. The van der Waals surface area contributed by atoms with Crippen molar-refractivity contribution in [2.75, 3.05) is 5.32 Å². The Morgan fingerprint density at radius 2 is 2.13 bits per heavy atom. The van der Waals surface area contributed by atoms with Gasteiger partial charge in [0.2, 0.25) is 5.91 Å². The molecule has 3 nitrogen and oxygen atoms in total. The van der Waals surface area contributed by atoms with Crippen LogP contribution in [0.15, 0.2) is 18.3 Å². The molecule has 1 N–H and O–H groups in total. The first-order valence-electron chi connectivity index (χ1n) is 4.93. The third-order valence-electron chi connectivity index (χ3n) is 2.41. The normalized spacial score (nSPS) is 12.6. The standard InChI is InChI=1S/C11H15ClN2O/c1-7(2)8(3)11(15)14-9-4-5-13-10(12)6-9/h4-8H,1-3H3,(H,13,14,15). The Morgan fingerprint density at radius 1 is 1.47 bits per heavy atom. The molecule has 0 spiro atoms. The monoisotopic (exact) mass is 226 g/mol. The fourth-order valence-electron chi connectivity index (χ4n) is 1.04. The quantitative estimate of drug-likeness (QED) is 0.806. The molecule has 1 amide bonds. The molecule has 0 saturated heterocycles. The maximum Gasteiger partial charge on any atom is 0.227 e. The highest BCUT2D eigenvalue weighted by Crippen LogP contribution is 2.15. The summed E-state index contributed by atoms with van der Waals surface area (Å²) in [6, 6.07) is 3.35. The molecular formula is C11H15ClN2O. The van der Waals surface area contributed by atoms with E-state index in [-0.39, 0.29) is 11.8 Å². The second kappa shape index (κ2) is 5.12. The van der Waals surface area contributed by atoms with E-state index in [1.807, 2.05) is 20.8 Å². The van der Waals surface area contributed by atoms with Crippen molar-refractivity contribution in [3.8, 4) is 0 Å². The van der Waals surface area contributed by atoms with Crippen LogP contribution in [0.2, 0.25) is 5.15 Å². The van der Waals surface area contributed by atoms with Crippen molar-refractivity contribution in [2.45, 2.75) is 20.8 Å². The summed E-state index contributed by atoms with van der Waals surface area (Å²) in [6.07, 6.45) is 1.57. The van der Waals surface area contributed by atoms with E-state index in [1.54, 1.807) is 18.3 Å². The summed E-state index contributed by atoms with van der Waals surface area (Å²) in [6.45, 7) is 5.94. The van der Waals surface area contributed by atoms with Gasteiger partial charge in [0.05, 0.1) is 0 Å². The highest BCUT2D eigenvalue weighted by Gasteiger charge is 2.16. The lowest BCUT2D eigenvalue weighted by Crippen LogP contribution is -2.24. The molecule has 0 fully saturated rings. The average molecular weight is 227 g/mol. The Labute approximate surface area is 94.9 Å². The minimum atomic E-state index is -0.0167. The molecule has 0 aromatic carbocycles. The highest BCUT2D eigenvalue weighted by atomic mass is 35.5. The Bertz CT molecular complexity index is 352. The van der Waals surface area contributed by atoms with Gasteiger partial charge in [-0.1, -0.05) is 32.4 Å². The van der Waals surface area contributed by atoms with E-state index in [1.165, 1.54) is 0 Å². The number of aromatic nitrogens is 1. The summed E-state index contributed by atoms with van der Waals surface area (Å²) in [5.41, 5.74) is 0.688. The molecule has 0 bridgehead atoms. The number of halogens is 1. The number of nitrogens with one attached hydrogen (secondary N) is 1. The predicted molar refractivity (Wildman–Crippen MR) is 61.9 cm³/mol. The zero-order valence-electron chi connectivity index (χ0n) is 9.12. The molecule has 82 valence electrons. The number of amides is 1. The van der Waals surface area contributed by atoms with Gasteiger partial charge in [0.15, 0.2) is 0 Å². The maximum atomic E-state index is 11.7. The van der Waals surface area contributed by atoms with Gasteiger partial charge in [-0.05, 0) is 18.1 Å². The Balaban J connectivity index is 2.66. The number of carbonyl (C=O) groups excluding carboxylic acids is 1. The van der Waals surface area contributed by atoms with Crippen LogP contribution in [-0.2, 0) is 4.79 Å². The van der Waals surface area contributed by atoms with Crippen molar-refractivity contribution >= 4 is 23.2 Å². The lowest BCUT2D eigenvalue weighted by Gasteiger charge is -2.15. The van der Waals surface area contributed by atoms with Crippen LogP contribution in [0.1, 0.15) is 20.8 Å². The Hall–Kier alpha value is -1.09. The number of anilines is 1. The van der Waals surface area contributed by atoms with Crippen molar-refractivity contribution in [1.29, 1.82) is 0 Å². The number of rotatable bonds is 3. The number of hydrogen-bond acceptors (Lipinski definition) is 2. The molecule has 0 aliphatic carbocycles. The largest absolute Gasteiger partial charge is 0.326 e. The SMILES string of the molecule is CC(C)C(C)C(=O)Nc1ccnc(Cl)c1. The number of pyridine rings is 1. The van der Waals surface area contributed by atoms with Crippen molar-refractivity contribution in [2.24, 2.45) is 11.8 Å². The summed E-state index contributed by atoms with van der Waals surface area (Å²) in [5.74, 6) is 0.312. The first kappa shape index (κ1) is 12.0. The smallest absolute Gasteiger partial charge is 0.227 e. The minimum Gasteiger partial charge on any atom is -0.326 e. The van der Waals surface area contributed by atoms with Crippen LogP contribution in [0.4, 0.5) is 5.69 Å². The van der Waals surface area contributed by atoms with Gasteiger partial charge < -0.3 is 5.32 Å². The maximum absolute atomic E-state index is 11.7. The number of nitrogens with zero attached hydrogens (tertiary/aromatic N) is 1. The summed E-state index contributed by atoms with van der Waals surface area (Å²) in [7, 11) is 0. The molecule has 1 unspecified atom stereocenters. The van der Waals surface area contributed by atoms with Crippen molar-refractivity contribution < 1.29 is 4.79 Å². The van der Waals surface area contributed by atoms with E-state index in [4.69, 9.17) is 11.6 Å². The predicted octanol–water partition coefficient (Wildman–Crippen LogP) is 2.97. The van der Waals surface area contributed by atoms with Crippen LogP contribution in [0, 0.1) is 11.8 Å². The summed E-state index contributed by atoms with van der Waals surface area (Å²) in [5, 5.41) is 3.18. The summed E-state index contributed by atoms with van der Waals surface area (Å²) >= 11 is 5.71. The van der Waals surface area contributed by atoms with E-state index >= 15 is 0 Å². The summed E-state index contributed by atoms with van der Waals surface area (Å²) in [4.78, 5) is 15.5. The van der Waals surface area contributed by atoms with Crippen molar-refractivity contribution in [1.82, 2.24) is 4.98 Å². The fraction of sp³-hybridized carbons (Fsp3) is 0.455. The molecular weight excluding hydrogens is 212 g/mol. The van der Waals surface area contributed by atoms with E-state index in [2.05, 4.69) is 10.3 Å². The molecule has 0 saturated carbocycles. The van der Waals surface area contributed by atoms with Crippen LogP contribution >= 0.6 is 11.6 Å². The van der Waals surface area contributed by atoms with Gasteiger partial charge in [0.1, 0.15) is 5.15 Å². The van der Waals surface area contributed by atoms with Crippen LogP contribution < -0.4 is 5.32 Å². The van der Waals surface area contributed by atoms with E-state index in [0.29, 0.717) is 16.8 Å². The van der Waals surface area contributed by atoms with Gasteiger partial charge in [-0.25, -0.2) is 4.98 Å². The zero-order chi connectivity index (χ0) is 11.4. The molecule has 1 aromatic heterocycles. The lowest BCUT2D eigenvalue weighted by molar-refractivity contribution is -0.120. The topological polar surface area (TPSA) is 42.0 Å². The molecule has 0 aliphatic heterocycles. The molecule has 1 heterocycles. The van der Waals surface area contributed by atoms with Crippen LogP contribution in [-0.4, -0.2) is 10.9 Å². The average Bonchev–Trinajstić information content (AvgIpc) is 2.16. The van der Waals surface area contributed by atoms with Crippen LogP contribution in [0.25, 0.3) is 0 Å². The first-order chi connectivity index (χ1) is 7.00. The molecule has 4 heteroatoms. The molecule has 1 rings (SSSR count). The lowest BCUT2D eigenvalue weighted by atomic mass is 9.97. The molecule has 0 radical (unpaired) electrons. The third kappa shape index (κ3) is 3.51. The zero-order valence-corrected chi connectivity index (χ0v) is 9.88. The van der Waals surface area contributed by atoms with Gasteiger partial charge in [0, 0.05) is 17.8 Å². The number of carbonyl (C=O) groups is 1. The molecule has 0 aliphatic rings. The molecule has 1 aromatic rings. The fourth-order valence-corrected chi connectivity index (χ4v) is 1.21. The minimum absolute atomic E-state index is 0.00673. The van der Waals surface area contributed by atoms with Gasteiger partial charge in [-0.2, -0.15) is 0 Å². The van der Waals surface area contributed by atoms with Crippen molar-refractivity contribution in [3.05, 3.63) is 23.5 Å². The van der Waals surface area contributed by atoms with Crippen LogP contribution in [0.5, 0.6) is 0 Å². The second-order valence-electron chi connectivity index (χ2n) is 3.89. The van der Waals surface area contributed by atoms with Crippen LogP contribution in [0.3, 0.4) is 0 Å². The third-order valence-corrected chi connectivity index (χ3v) is 2.61. The van der Waals surface area contributed by atoms with E-state index in [9.17, 15) is 4.79 Å². The highest BCUT2D eigenvalue weighted by molar-refractivity contribution is 6.29. The van der Waals surface area contributed by atoms with Gasteiger partial charge >= 0.3 is 0 Å². The van der Waals surface area contributed by atoms with E-state index < -0.39 is 0 Å². The second-order valence-corrected chi connectivity index (χ2v) is 4.28. The van der Waals surface area contributed by atoms with Gasteiger partial charge in [-0.15, -0.1) is 0 Å². The van der Waals surface area contributed by atoms with E-state index in [0.717, 1.165) is 0 Å². The molecule has 1 atom stereocenters. The van der Waals surface area contributed by atoms with Gasteiger partial charge in [-0.3, -0.25) is 4.79 Å². The Kier molecular flexibility index (Phi) is 4.09. The Morgan fingerprint density at radius 3 is 2.67 bits per heavy atom. The van der Waals surface area contributed by atoms with Gasteiger partial charge in [0.25, 0.3) is 0 Å². The van der Waals surface area contributed by atoms with Crippen molar-refractivity contribution in [3.63, 3.8) is 0 Å². The number of hydrogen-bond donors (Lipinski definition) is 1. The summed E-state index contributed by atoms with van der Waals surface area (Å²) < 4.78 is 0. The molecule has 15 heavy (non-hydrogen) atoms.